The van der Waals surface area contributed by atoms with Crippen molar-refractivity contribution < 1.29 is 14.3 Å². The standard InChI is InChI=1S/C20H22ClNO3/c1-20(2)12-17(16-11-15(24-3)8-9-18(16)25-20)22-19(23)10-13-4-6-14(21)7-5-13/h4-9,11,17H,10,12H2,1-3H3,(H,22,23)/t17-/m0/s1. The Morgan fingerprint density at radius 3 is 2.68 bits per heavy atom. The highest BCUT2D eigenvalue weighted by atomic mass is 35.5. The maximum Gasteiger partial charge on any atom is 0.224 e. The van der Waals surface area contributed by atoms with Crippen LogP contribution in [-0.2, 0) is 11.2 Å². The molecular weight excluding hydrogens is 338 g/mol. The predicted octanol–water partition coefficient (Wildman–Crippen LogP) is 4.31. The largest absolute Gasteiger partial charge is 0.497 e. The van der Waals surface area contributed by atoms with E-state index < -0.39 is 0 Å². The van der Waals surface area contributed by atoms with Gasteiger partial charge in [0.05, 0.1) is 19.6 Å². The zero-order chi connectivity index (χ0) is 18.0. The maximum absolute atomic E-state index is 12.5. The molecule has 0 spiro atoms. The van der Waals surface area contributed by atoms with Crippen molar-refractivity contribution >= 4 is 17.5 Å². The van der Waals surface area contributed by atoms with E-state index in [-0.39, 0.29) is 17.6 Å². The second-order valence-corrected chi connectivity index (χ2v) is 7.33. The second-order valence-electron chi connectivity index (χ2n) is 6.89. The Labute approximate surface area is 153 Å². The fourth-order valence-electron chi connectivity index (χ4n) is 3.12. The Kier molecular flexibility index (Phi) is 4.91. The molecule has 3 rings (SSSR count). The fourth-order valence-corrected chi connectivity index (χ4v) is 3.25. The van der Waals surface area contributed by atoms with E-state index in [2.05, 4.69) is 5.32 Å². The minimum Gasteiger partial charge on any atom is -0.497 e. The molecule has 25 heavy (non-hydrogen) atoms. The van der Waals surface area contributed by atoms with Crippen LogP contribution in [0.3, 0.4) is 0 Å². The smallest absolute Gasteiger partial charge is 0.224 e. The summed E-state index contributed by atoms with van der Waals surface area (Å²) in [4.78, 5) is 12.5. The van der Waals surface area contributed by atoms with E-state index in [1.54, 1.807) is 19.2 Å². The van der Waals surface area contributed by atoms with Crippen LogP contribution < -0.4 is 14.8 Å². The molecule has 2 aromatic carbocycles. The molecule has 0 saturated heterocycles. The summed E-state index contributed by atoms with van der Waals surface area (Å²) in [5, 5.41) is 3.80. The number of rotatable bonds is 4. The average Bonchev–Trinajstić information content (AvgIpc) is 2.55. The van der Waals surface area contributed by atoms with Gasteiger partial charge in [-0.3, -0.25) is 4.79 Å². The van der Waals surface area contributed by atoms with Gasteiger partial charge in [0.1, 0.15) is 17.1 Å². The monoisotopic (exact) mass is 359 g/mol. The van der Waals surface area contributed by atoms with Crippen molar-refractivity contribution in [2.45, 2.75) is 38.3 Å². The maximum atomic E-state index is 12.5. The molecule has 0 bridgehead atoms. The molecule has 0 aliphatic carbocycles. The number of carbonyl (C=O) groups is 1. The highest BCUT2D eigenvalue weighted by Crippen LogP contribution is 2.41. The third kappa shape index (κ3) is 4.26. The van der Waals surface area contributed by atoms with Crippen molar-refractivity contribution in [2.75, 3.05) is 7.11 Å². The van der Waals surface area contributed by atoms with E-state index >= 15 is 0 Å². The Morgan fingerprint density at radius 2 is 2.00 bits per heavy atom. The minimum absolute atomic E-state index is 0.0289. The average molecular weight is 360 g/mol. The normalized spacial score (nSPS) is 18.0. The van der Waals surface area contributed by atoms with Gasteiger partial charge in [0.15, 0.2) is 0 Å². The van der Waals surface area contributed by atoms with Crippen molar-refractivity contribution in [3.63, 3.8) is 0 Å². The molecule has 1 aliphatic heterocycles. The number of hydrogen-bond acceptors (Lipinski definition) is 3. The van der Waals surface area contributed by atoms with Crippen LogP contribution in [0.4, 0.5) is 0 Å². The zero-order valence-corrected chi connectivity index (χ0v) is 15.4. The van der Waals surface area contributed by atoms with E-state index in [1.165, 1.54) is 0 Å². The van der Waals surface area contributed by atoms with Gasteiger partial charge in [-0.15, -0.1) is 0 Å². The van der Waals surface area contributed by atoms with E-state index in [9.17, 15) is 4.79 Å². The number of amides is 1. The zero-order valence-electron chi connectivity index (χ0n) is 14.6. The molecule has 1 atom stereocenters. The molecular formula is C20H22ClNO3. The van der Waals surface area contributed by atoms with Gasteiger partial charge in [0.25, 0.3) is 0 Å². The molecule has 132 valence electrons. The van der Waals surface area contributed by atoms with Crippen LogP contribution in [0.25, 0.3) is 0 Å². The van der Waals surface area contributed by atoms with Crippen LogP contribution in [0, 0.1) is 0 Å². The van der Waals surface area contributed by atoms with Gasteiger partial charge >= 0.3 is 0 Å². The minimum atomic E-state index is -0.347. The molecule has 0 fully saturated rings. The number of benzene rings is 2. The van der Waals surface area contributed by atoms with Crippen LogP contribution in [-0.4, -0.2) is 18.6 Å². The summed E-state index contributed by atoms with van der Waals surface area (Å²) >= 11 is 5.89. The first kappa shape index (κ1) is 17.6. The third-order valence-corrected chi connectivity index (χ3v) is 4.54. The van der Waals surface area contributed by atoms with Crippen LogP contribution in [0.15, 0.2) is 42.5 Å². The van der Waals surface area contributed by atoms with Crippen LogP contribution in [0.5, 0.6) is 11.5 Å². The summed E-state index contributed by atoms with van der Waals surface area (Å²) in [5.41, 5.74) is 1.53. The molecule has 0 saturated carbocycles. The molecule has 1 amide bonds. The molecule has 1 heterocycles. The van der Waals surface area contributed by atoms with Gasteiger partial charge in [0.2, 0.25) is 5.91 Å². The molecule has 4 nitrogen and oxygen atoms in total. The molecule has 5 heteroatoms. The van der Waals surface area contributed by atoms with E-state index in [0.717, 1.165) is 22.6 Å². The number of carbonyl (C=O) groups excluding carboxylic acids is 1. The van der Waals surface area contributed by atoms with Gasteiger partial charge in [0, 0.05) is 17.0 Å². The van der Waals surface area contributed by atoms with Crippen molar-refractivity contribution in [1.82, 2.24) is 5.32 Å². The summed E-state index contributed by atoms with van der Waals surface area (Å²) in [6.45, 7) is 4.05. The van der Waals surface area contributed by atoms with Crippen molar-refractivity contribution in [1.29, 1.82) is 0 Å². The quantitative estimate of drug-likeness (QED) is 0.884. The first-order valence-corrected chi connectivity index (χ1v) is 8.65. The Balaban J connectivity index is 1.79. The third-order valence-electron chi connectivity index (χ3n) is 4.29. The highest BCUT2D eigenvalue weighted by molar-refractivity contribution is 6.30. The first-order chi connectivity index (χ1) is 11.9. The molecule has 0 radical (unpaired) electrons. The van der Waals surface area contributed by atoms with Gasteiger partial charge in [-0.25, -0.2) is 0 Å². The lowest BCUT2D eigenvalue weighted by Gasteiger charge is -2.38. The molecule has 0 aromatic heterocycles. The van der Waals surface area contributed by atoms with Crippen molar-refractivity contribution in [3.8, 4) is 11.5 Å². The summed E-state index contributed by atoms with van der Waals surface area (Å²) in [6.07, 6.45) is 1.01. The number of nitrogens with one attached hydrogen (secondary N) is 1. The molecule has 1 aliphatic rings. The number of hydrogen-bond donors (Lipinski definition) is 1. The summed E-state index contributed by atoms with van der Waals surface area (Å²) < 4.78 is 11.4. The summed E-state index contributed by atoms with van der Waals surface area (Å²) in [6, 6.07) is 12.9. The summed E-state index contributed by atoms with van der Waals surface area (Å²) in [7, 11) is 1.63. The van der Waals surface area contributed by atoms with Gasteiger partial charge in [-0.1, -0.05) is 23.7 Å². The molecule has 1 N–H and O–H groups in total. The fraction of sp³-hybridized carbons (Fsp3) is 0.350. The Bertz CT molecular complexity index is 771. The SMILES string of the molecule is COc1ccc2c(c1)[C@@H](NC(=O)Cc1ccc(Cl)cc1)CC(C)(C)O2. The van der Waals surface area contributed by atoms with Crippen molar-refractivity contribution in [2.24, 2.45) is 0 Å². The topological polar surface area (TPSA) is 47.6 Å². The lowest BCUT2D eigenvalue weighted by molar-refractivity contribution is -0.121. The number of halogens is 1. The van der Waals surface area contributed by atoms with E-state index in [4.69, 9.17) is 21.1 Å². The summed E-state index contributed by atoms with van der Waals surface area (Å²) in [5.74, 6) is 1.51. The molecule has 0 unspecified atom stereocenters. The van der Waals surface area contributed by atoms with Gasteiger partial charge in [-0.2, -0.15) is 0 Å². The highest BCUT2D eigenvalue weighted by Gasteiger charge is 2.34. The molecule has 2 aromatic rings. The lowest BCUT2D eigenvalue weighted by Crippen LogP contribution is -2.41. The van der Waals surface area contributed by atoms with E-state index in [1.807, 2.05) is 44.2 Å². The first-order valence-electron chi connectivity index (χ1n) is 8.27. The number of methoxy groups -OCH3 is 1. The van der Waals surface area contributed by atoms with Gasteiger partial charge < -0.3 is 14.8 Å². The predicted molar refractivity (Wildman–Crippen MR) is 98.4 cm³/mol. The Hall–Kier alpha value is -2.20. The van der Waals surface area contributed by atoms with Gasteiger partial charge in [-0.05, 0) is 49.7 Å². The van der Waals surface area contributed by atoms with Crippen LogP contribution in [0.2, 0.25) is 5.02 Å². The van der Waals surface area contributed by atoms with Crippen molar-refractivity contribution in [3.05, 3.63) is 58.6 Å². The number of fused-ring (bicyclic) bond motifs is 1. The van der Waals surface area contributed by atoms with E-state index in [0.29, 0.717) is 17.9 Å². The van der Waals surface area contributed by atoms with Crippen LogP contribution in [0.1, 0.15) is 37.4 Å². The number of ether oxygens (including phenoxy) is 2. The second kappa shape index (κ2) is 6.96. The Morgan fingerprint density at radius 1 is 1.28 bits per heavy atom. The van der Waals surface area contributed by atoms with Crippen LogP contribution >= 0.6 is 11.6 Å². The lowest BCUT2D eigenvalue weighted by atomic mass is 9.89.